The summed E-state index contributed by atoms with van der Waals surface area (Å²) in [5.41, 5.74) is 0.748. The Labute approximate surface area is 167 Å². The molecule has 0 radical (unpaired) electrons. The van der Waals surface area contributed by atoms with Crippen LogP contribution in [-0.4, -0.2) is 48.8 Å². The first-order valence-corrected chi connectivity index (χ1v) is 11.0. The zero-order chi connectivity index (χ0) is 19.5. The number of benzene rings is 1. The van der Waals surface area contributed by atoms with Crippen molar-refractivity contribution in [1.29, 1.82) is 0 Å². The van der Waals surface area contributed by atoms with Gasteiger partial charge in [0.15, 0.2) is 5.16 Å². The second-order valence-electron chi connectivity index (χ2n) is 7.18. The van der Waals surface area contributed by atoms with E-state index in [9.17, 15) is 9.59 Å². The highest BCUT2D eigenvalue weighted by molar-refractivity contribution is 7.99. The molecule has 0 atom stereocenters. The van der Waals surface area contributed by atoms with Crippen molar-refractivity contribution in [3.63, 3.8) is 0 Å². The van der Waals surface area contributed by atoms with Crippen molar-refractivity contribution in [3.05, 3.63) is 34.6 Å². The SMILES string of the molecule is CCCCn1c(=O)c2ccccc2n2c(SCC(=O)N3CCCCC3)nnc12. The van der Waals surface area contributed by atoms with Crippen LogP contribution < -0.4 is 5.56 Å². The highest BCUT2D eigenvalue weighted by Crippen LogP contribution is 2.22. The molecule has 1 aromatic carbocycles. The van der Waals surface area contributed by atoms with E-state index in [4.69, 9.17) is 0 Å². The Bertz CT molecular complexity index is 1050. The summed E-state index contributed by atoms with van der Waals surface area (Å²) < 4.78 is 3.62. The van der Waals surface area contributed by atoms with Gasteiger partial charge in [0.05, 0.1) is 16.7 Å². The van der Waals surface area contributed by atoms with Crippen molar-refractivity contribution in [2.24, 2.45) is 0 Å². The lowest BCUT2D eigenvalue weighted by molar-refractivity contribution is -0.129. The van der Waals surface area contributed by atoms with Crippen molar-refractivity contribution in [1.82, 2.24) is 24.1 Å². The summed E-state index contributed by atoms with van der Waals surface area (Å²) in [5.74, 6) is 1.03. The van der Waals surface area contributed by atoms with Crippen LogP contribution in [0.25, 0.3) is 16.7 Å². The summed E-state index contributed by atoms with van der Waals surface area (Å²) in [6.07, 6.45) is 5.26. The number of nitrogens with zero attached hydrogens (tertiary/aromatic N) is 5. The molecule has 1 saturated heterocycles. The Balaban J connectivity index is 1.70. The Hall–Kier alpha value is -2.35. The highest BCUT2D eigenvalue weighted by Gasteiger charge is 2.20. The second kappa shape index (κ2) is 8.34. The third-order valence-electron chi connectivity index (χ3n) is 5.25. The second-order valence-corrected chi connectivity index (χ2v) is 8.12. The van der Waals surface area contributed by atoms with Gasteiger partial charge in [0.2, 0.25) is 11.7 Å². The quantitative estimate of drug-likeness (QED) is 0.596. The molecule has 1 aliphatic heterocycles. The van der Waals surface area contributed by atoms with E-state index in [0.29, 0.717) is 28.6 Å². The fraction of sp³-hybridized carbons (Fsp3) is 0.500. The fourth-order valence-corrected chi connectivity index (χ4v) is 4.55. The number of para-hydroxylation sites is 1. The van der Waals surface area contributed by atoms with Gasteiger partial charge >= 0.3 is 0 Å². The molecule has 28 heavy (non-hydrogen) atoms. The molecular formula is C20H25N5O2S. The summed E-state index contributed by atoms with van der Waals surface area (Å²) in [4.78, 5) is 27.4. The number of carbonyl (C=O) groups is 1. The van der Waals surface area contributed by atoms with Gasteiger partial charge in [0.25, 0.3) is 5.56 Å². The number of unbranched alkanes of at least 4 members (excludes halogenated alkanes) is 1. The van der Waals surface area contributed by atoms with Crippen LogP contribution in [0.1, 0.15) is 39.0 Å². The number of hydrogen-bond acceptors (Lipinski definition) is 5. The summed E-state index contributed by atoms with van der Waals surface area (Å²) in [6.45, 7) is 4.40. The van der Waals surface area contributed by atoms with Crippen LogP contribution in [0.4, 0.5) is 0 Å². The van der Waals surface area contributed by atoms with E-state index in [2.05, 4.69) is 17.1 Å². The van der Waals surface area contributed by atoms with Crippen LogP contribution in [0.15, 0.2) is 34.2 Å². The largest absolute Gasteiger partial charge is 0.342 e. The number of fused-ring (bicyclic) bond motifs is 3. The minimum absolute atomic E-state index is 0.0371. The molecule has 148 valence electrons. The molecule has 0 spiro atoms. The number of amides is 1. The van der Waals surface area contributed by atoms with Gasteiger partial charge in [-0.15, -0.1) is 10.2 Å². The summed E-state index contributed by atoms with van der Waals surface area (Å²) >= 11 is 1.39. The highest BCUT2D eigenvalue weighted by atomic mass is 32.2. The van der Waals surface area contributed by atoms with Crippen LogP contribution in [0, 0.1) is 0 Å². The minimum atomic E-state index is -0.0371. The first kappa shape index (κ1) is 19.0. The first-order valence-electron chi connectivity index (χ1n) is 9.98. The van der Waals surface area contributed by atoms with Gasteiger partial charge in [-0.3, -0.25) is 18.6 Å². The summed E-state index contributed by atoms with van der Waals surface area (Å²) in [5, 5.41) is 9.92. The average molecular weight is 400 g/mol. The smallest absolute Gasteiger partial charge is 0.262 e. The van der Waals surface area contributed by atoms with Crippen molar-refractivity contribution in [2.75, 3.05) is 18.8 Å². The fourth-order valence-electron chi connectivity index (χ4n) is 3.71. The van der Waals surface area contributed by atoms with Gasteiger partial charge in [0, 0.05) is 19.6 Å². The molecule has 3 aromatic rings. The average Bonchev–Trinajstić information content (AvgIpc) is 3.16. The lowest BCUT2D eigenvalue weighted by Gasteiger charge is -2.26. The number of aromatic nitrogens is 4. The number of hydrogen-bond donors (Lipinski definition) is 0. The zero-order valence-corrected chi connectivity index (χ0v) is 17.0. The predicted octanol–water partition coefficient (Wildman–Crippen LogP) is 2.95. The van der Waals surface area contributed by atoms with Gasteiger partial charge in [-0.1, -0.05) is 37.2 Å². The molecule has 2 aromatic heterocycles. The normalized spacial score (nSPS) is 14.8. The van der Waals surface area contributed by atoms with Crippen molar-refractivity contribution in [2.45, 2.75) is 50.7 Å². The van der Waals surface area contributed by atoms with Crippen LogP contribution in [0.2, 0.25) is 0 Å². The number of likely N-dealkylation sites (tertiary alicyclic amines) is 1. The standard InChI is InChI=1S/C20H25N5O2S/c1-2-3-13-24-18(27)15-9-5-6-10-16(15)25-19(24)21-22-20(25)28-14-17(26)23-11-7-4-8-12-23/h5-6,9-10H,2-4,7-8,11-14H2,1H3. The molecule has 0 bridgehead atoms. The minimum Gasteiger partial charge on any atom is -0.342 e. The van der Waals surface area contributed by atoms with E-state index in [1.807, 2.05) is 33.6 Å². The maximum absolute atomic E-state index is 12.9. The molecule has 1 amide bonds. The van der Waals surface area contributed by atoms with E-state index in [0.717, 1.165) is 44.3 Å². The molecule has 7 nitrogen and oxygen atoms in total. The topological polar surface area (TPSA) is 72.5 Å². The maximum Gasteiger partial charge on any atom is 0.262 e. The Morgan fingerprint density at radius 2 is 1.93 bits per heavy atom. The van der Waals surface area contributed by atoms with Gasteiger partial charge < -0.3 is 4.90 Å². The van der Waals surface area contributed by atoms with Gasteiger partial charge in [-0.2, -0.15) is 0 Å². The molecule has 0 unspecified atom stereocenters. The number of rotatable bonds is 6. The van der Waals surface area contributed by atoms with E-state index in [1.54, 1.807) is 4.57 Å². The molecule has 4 rings (SSSR count). The molecule has 0 saturated carbocycles. The summed E-state index contributed by atoms with van der Waals surface area (Å²) in [6, 6.07) is 7.53. The monoisotopic (exact) mass is 399 g/mol. The van der Waals surface area contributed by atoms with Crippen LogP contribution in [0.3, 0.4) is 0 Å². The van der Waals surface area contributed by atoms with E-state index >= 15 is 0 Å². The van der Waals surface area contributed by atoms with Gasteiger partial charge in [-0.05, 0) is 37.8 Å². The Morgan fingerprint density at radius 1 is 1.14 bits per heavy atom. The molecule has 1 fully saturated rings. The number of aryl methyl sites for hydroxylation is 1. The van der Waals surface area contributed by atoms with Crippen LogP contribution in [-0.2, 0) is 11.3 Å². The maximum atomic E-state index is 12.9. The van der Waals surface area contributed by atoms with Gasteiger partial charge in [-0.25, -0.2) is 0 Å². The lowest BCUT2D eigenvalue weighted by Crippen LogP contribution is -2.36. The molecular weight excluding hydrogens is 374 g/mol. The molecule has 0 aliphatic carbocycles. The number of thioether (sulfide) groups is 1. The van der Waals surface area contributed by atoms with Crippen molar-refractivity contribution < 1.29 is 4.79 Å². The van der Waals surface area contributed by atoms with E-state index < -0.39 is 0 Å². The molecule has 3 heterocycles. The van der Waals surface area contributed by atoms with Crippen molar-refractivity contribution >= 4 is 34.3 Å². The number of carbonyl (C=O) groups excluding carboxylic acids is 1. The Kier molecular flexibility index (Phi) is 5.66. The van der Waals surface area contributed by atoms with Crippen LogP contribution >= 0.6 is 11.8 Å². The Morgan fingerprint density at radius 3 is 2.71 bits per heavy atom. The lowest BCUT2D eigenvalue weighted by atomic mass is 10.1. The third-order valence-corrected chi connectivity index (χ3v) is 6.16. The summed E-state index contributed by atoms with van der Waals surface area (Å²) in [7, 11) is 0. The molecule has 8 heteroatoms. The zero-order valence-electron chi connectivity index (χ0n) is 16.1. The van der Waals surface area contributed by atoms with E-state index in [-0.39, 0.29) is 11.5 Å². The first-order chi connectivity index (χ1) is 13.7. The number of piperidine rings is 1. The third kappa shape index (κ3) is 3.53. The van der Waals surface area contributed by atoms with Crippen molar-refractivity contribution in [3.8, 4) is 0 Å². The van der Waals surface area contributed by atoms with Gasteiger partial charge in [0.1, 0.15) is 0 Å². The molecule has 1 aliphatic rings. The predicted molar refractivity (Wildman–Crippen MR) is 111 cm³/mol. The molecule has 0 N–H and O–H groups in total. The van der Waals surface area contributed by atoms with Crippen LogP contribution in [0.5, 0.6) is 0 Å². The van der Waals surface area contributed by atoms with E-state index in [1.165, 1.54) is 18.2 Å².